The number of nitrogens with zero attached hydrogens (tertiary/aromatic N) is 1. The topological polar surface area (TPSA) is 60.2 Å². The monoisotopic (exact) mass is 333 g/mol. The quantitative estimate of drug-likeness (QED) is 0.483. The molecule has 0 saturated heterocycles. The van der Waals surface area contributed by atoms with E-state index in [9.17, 15) is 14.9 Å². The average molecular weight is 333 g/mol. The Hall–Kier alpha value is -0.980. The number of carbonyl (C=O) groups excluding carboxylic acids is 1. The second-order valence-corrected chi connectivity index (χ2v) is 4.75. The molecule has 1 atom stereocenters. The van der Waals surface area contributed by atoms with Crippen LogP contribution in [0.25, 0.3) is 0 Å². The first-order valence-electron chi connectivity index (χ1n) is 4.94. The molecule has 1 aromatic rings. The summed E-state index contributed by atoms with van der Waals surface area (Å²) in [6, 6.07) is 4.94. The Morgan fingerprint density at radius 1 is 1.56 bits per heavy atom. The molecule has 0 heterocycles. The largest absolute Gasteiger partial charge is 0.299 e. The summed E-state index contributed by atoms with van der Waals surface area (Å²) < 4.78 is 0.796. The van der Waals surface area contributed by atoms with Crippen molar-refractivity contribution in [3.05, 3.63) is 37.4 Å². The molecule has 0 bridgehead atoms. The molecule has 16 heavy (non-hydrogen) atoms. The third-order valence-electron chi connectivity index (χ3n) is 2.49. The van der Waals surface area contributed by atoms with Crippen LogP contribution < -0.4 is 0 Å². The van der Waals surface area contributed by atoms with Crippen LogP contribution in [0.3, 0.4) is 0 Å². The van der Waals surface area contributed by atoms with Crippen LogP contribution in [0.5, 0.6) is 0 Å². The highest BCUT2D eigenvalue weighted by molar-refractivity contribution is 14.1. The molecule has 0 aliphatic rings. The van der Waals surface area contributed by atoms with Gasteiger partial charge in [-0.25, -0.2) is 0 Å². The lowest BCUT2D eigenvalue weighted by molar-refractivity contribution is -0.385. The Labute approximate surface area is 107 Å². The number of nitro groups is 1. The lowest BCUT2D eigenvalue weighted by Gasteiger charge is -2.10. The van der Waals surface area contributed by atoms with Gasteiger partial charge in [-0.2, -0.15) is 0 Å². The van der Waals surface area contributed by atoms with E-state index in [-0.39, 0.29) is 11.5 Å². The molecular weight excluding hydrogens is 321 g/mol. The van der Waals surface area contributed by atoms with E-state index >= 15 is 0 Å². The maximum atomic E-state index is 11.5. The molecule has 0 aliphatic heterocycles. The normalized spacial score (nSPS) is 12.2. The summed E-state index contributed by atoms with van der Waals surface area (Å²) in [5.41, 5.74) is 0.526. The smallest absolute Gasteiger partial charge is 0.274 e. The molecule has 1 rings (SSSR count). The van der Waals surface area contributed by atoms with Crippen LogP contribution >= 0.6 is 22.6 Å². The van der Waals surface area contributed by atoms with Crippen molar-refractivity contribution in [1.29, 1.82) is 0 Å². The first kappa shape index (κ1) is 13.1. The number of nitro benzene ring substituents is 1. The van der Waals surface area contributed by atoms with Crippen molar-refractivity contribution in [1.82, 2.24) is 0 Å². The molecule has 5 heteroatoms. The van der Waals surface area contributed by atoms with Gasteiger partial charge in [-0.1, -0.05) is 19.9 Å². The second kappa shape index (κ2) is 5.38. The van der Waals surface area contributed by atoms with Crippen molar-refractivity contribution in [2.24, 2.45) is 0 Å². The van der Waals surface area contributed by atoms with Gasteiger partial charge in [-0.15, -0.1) is 0 Å². The number of hydrogen-bond donors (Lipinski definition) is 0. The van der Waals surface area contributed by atoms with Crippen molar-refractivity contribution in [3.8, 4) is 0 Å². The molecule has 1 aromatic carbocycles. The van der Waals surface area contributed by atoms with E-state index in [0.29, 0.717) is 12.0 Å². The van der Waals surface area contributed by atoms with E-state index in [1.165, 1.54) is 6.07 Å². The molecule has 86 valence electrons. The number of hydrogen-bond acceptors (Lipinski definition) is 3. The van der Waals surface area contributed by atoms with Crippen LogP contribution in [0.4, 0.5) is 5.69 Å². The van der Waals surface area contributed by atoms with Gasteiger partial charge in [0.05, 0.1) is 4.92 Å². The predicted molar refractivity (Wildman–Crippen MR) is 69.5 cm³/mol. The van der Waals surface area contributed by atoms with Gasteiger partial charge in [0.2, 0.25) is 0 Å². The lowest BCUT2D eigenvalue weighted by atomic mass is 9.94. The average Bonchev–Trinajstić information content (AvgIpc) is 2.26. The third-order valence-corrected chi connectivity index (χ3v) is 3.16. The van der Waals surface area contributed by atoms with Crippen LogP contribution in [0, 0.1) is 13.7 Å². The van der Waals surface area contributed by atoms with Gasteiger partial charge in [-0.05, 0) is 28.7 Å². The van der Waals surface area contributed by atoms with Crippen LogP contribution in [0.2, 0.25) is 0 Å². The van der Waals surface area contributed by atoms with Crippen molar-refractivity contribution >= 4 is 34.1 Å². The fraction of sp³-hybridized carbons (Fsp3) is 0.364. The Morgan fingerprint density at radius 3 is 2.69 bits per heavy atom. The van der Waals surface area contributed by atoms with Crippen LogP contribution in [0.15, 0.2) is 18.2 Å². The molecule has 0 aliphatic carbocycles. The Balaban J connectivity index is 3.22. The minimum atomic E-state index is -0.434. The molecule has 4 nitrogen and oxygen atoms in total. The third kappa shape index (κ3) is 2.78. The molecule has 0 saturated carbocycles. The number of halogens is 1. The van der Waals surface area contributed by atoms with Crippen molar-refractivity contribution in [2.75, 3.05) is 0 Å². The van der Waals surface area contributed by atoms with E-state index in [1.54, 1.807) is 26.0 Å². The molecule has 0 fully saturated rings. The lowest BCUT2D eigenvalue weighted by Crippen LogP contribution is -2.09. The maximum Gasteiger partial charge on any atom is 0.274 e. The summed E-state index contributed by atoms with van der Waals surface area (Å²) in [7, 11) is 0. The summed E-state index contributed by atoms with van der Waals surface area (Å²) in [4.78, 5) is 22.0. The number of benzene rings is 1. The first-order valence-corrected chi connectivity index (χ1v) is 6.01. The zero-order valence-electron chi connectivity index (χ0n) is 9.07. The standard InChI is InChI=1S/C11H12INO3/c1-3-11(14)7(2)9-5-4-8(12)6-10(9)13(15)16/h4-7H,3H2,1-2H3. The van der Waals surface area contributed by atoms with E-state index in [0.717, 1.165) is 3.57 Å². The van der Waals surface area contributed by atoms with E-state index < -0.39 is 10.8 Å². The van der Waals surface area contributed by atoms with Crippen LogP contribution in [-0.4, -0.2) is 10.7 Å². The van der Waals surface area contributed by atoms with Crippen molar-refractivity contribution < 1.29 is 9.72 Å². The van der Waals surface area contributed by atoms with Crippen LogP contribution in [0.1, 0.15) is 31.7 Å². The van der Waals surface area contributed by atoms with Gasteiger partial charge >= 0.3 is 0 Å². The van der Waals surface area contributed by atoms with Gasteiger partial charge in [0.25, 0.3) is 5.69 Å². The minimum Gasteiger partial charge on any atom is -0.299 e. The van der Waals surface area contributed by atoms with Gasteiger partial charge < -0.3 is 0 Å². The highest BCUT2D eigenvalue weighted by atomic mass is 127. The molecule has 0 N–H and O–H groups in total. The highest BCUT2D eigenvalue weighted by Crippen LogP contribution is 2.29. The van der Waals surface area contributed by atoms with Crippen LogP contribution in [-0.2, 0) is 4.79 Å². The zero-order chi connectivity index (χ0) is 12.3. The summed E-state index contributed by atoms with van der Waals surface area (Å²) in [6.45, 7) is 3.47. The van der Waals surface area contributed by atoms with Gasteiger partial charge in [0.1, 0.15) is 5.78 Å². The fourth-order valence-corrected chi connectivity index (χ4v) is 2.00. The summed E-state index contributed by atoms with van der Waals surface area (Å²) in [5.74, 6) is -0.397. The molecular formula is C11H12INO3. The first-order chi connectivity index (χ1) is 7.47. The fourth-order valence-electron chi connectivity index (χ4n) is 1.52. The summed E-state index contributed by atoms with van der Waals surface area (Å²) in [6.07, 6.45) is 0.393. The van der Waals surface area contributed by atoms with Gasteiger partial charge in [0, 0.05) is 27.5 Å². The van der Waals surface area contributed by atoms with E-state index in [4.69, 9.17) is 0 Å². The van der Waals surface area contributed by atoms with Gasteiger partial charge in [-0.3, -0.25) is 14.9 Å². The molecule has 0 spiro atoms. The highest BCUT2D eigenvalue weighted by Gasteiger charge is 2.23. The number of rotatable bonds is 4. The molecule has 0 aromatic heterocycles. The molecule has 1 unspecified atom stereocenters. The molecule has 0 amide bonds. The Kier molecular flexibility index (Phi) is 4.40. The number of Topliss-reactive ketones (excluding diaryl/α,β-unsaturated/α-hetero) is 1. The van der Waals surface area contributed by atoms with E-state index in [1.807, 2.05) is 22.6 Å². The maximum absolute atomic E-state index is 11.5. The Bertz CT molecular complexity index is 431. The van der Waals surface area contributed by atoms with Gasteiger partial charge in [0.15, 0.2) is 0 Å². The number of carbonyl (C=O) groups is 1. The number of ketones is 1. The SMILES string of the molecule is CCC(=O)C(C)c1ccc(I)cc1[N+](=O)[O-]. The Morgan fingerprint density at radius 2 is 2.19 bits per heavy atom. The van der Waals surface area contributed by atoms with Crippen molar-refractivity contribution in [3.63, 3.8) is 0 Å². The van der Waals surface area contributed by atoms with Crippen molar-refractivity contribution in [2.45, 2.75) is 26.2 Å². The second-order valence-electron chi connectivity index (χ2n) is 3.50. The summed E-state index contributed by atoms with van der Waals surface area (Å²) in [5, 5.41) is 10.9. The predicted octanol–water partition coefficient (Wildman–Crippen LogP) is 3.28. The van der Waals surface area contributed by atoms with E-state index in [2.05, 4.69) is 0 Å². The summed E-state index contributed by atoms with van der Waals surface area (Å²) >= 11 is 2.02. The minimum absolute atomic E-state index is 0.0179. The zero-order valence-corrected chi connectivity index (χ0v) is 11.2. The molecule has 0 radical (unpaired) electrons.